The number of benzene rings is 1. The monoisotopic (exact) mass is 233 g/mol. The minimum absolute atomic E-state index is 0.522. The minimum atomic E-state index is 0.522. The maximum Gasteiger partial charge on any atom is 0.203 e. The van der Waals surface area contributed by atoms with Gasteiger partial charge < -0.3 is 5.73 Å². The average Bonchev–Trinajstić information content (AvgIpc) is 2.74. The Morgan fingerprint density at radius 1 is 1.31 bits per heavy atom. The van der Waals surface area contributed by atoms with Gasteiger partial charge in [-0.1, -0.05) is 42.9 Å². The van der Waals surface area contributed by atoms with E-state index in [1.807, 2.05) is 0 Å². The van der Waals surface area contributed by atoms with E-state index in [9.17, 15) is 0 Å². The first kappa shape index (κ1) is 11.1. The zero-order chi connectivity index (χ0) is 11.4. The van der Waals surface area contributed by atoms with Crippen LogP contribution in [0.15, 0.2) is 24.3 Å². The molecule has 0 amide bonds. The summed E-state index contributed by atoms with van der Waals surface area (Å²) < 4.78 is 0. The van der Waals surface area contributed by atoms with Crippen molar-refractivity contribution in [3.63, 3.8) is 0 Å². The quantitative estimate of drug-likeness (QED) is 0.882. The summed E-state index contributed by atoms with van der Waals surface area (Å²) in [4.78, 5) is 0. The second-order valence-corrected chi connectivity index (χ2v) is 4.76. The minimum Gasteiger partial charge on any atom is -0.374 e. The van der Waals surface area contributed by atoms with Gasteiger partial charge in [-0.2, -0.15) is 0 Å². The number of nitrogen functional groups attached to an aromatic ring is 1. The molecule has 1 aromatic heterocycles. The van der Waals surface area contributed by atoms with E-state index in [-0.39, 0.29) is 0 Å². The van der Waals surface area contributed by atoms with Crippen molar-refractivity contribution in [3.8, 4) is 10.6 Å². The Morgan fingerprint density at radius 3 is 2.88 bits per heavy atom. The molecule has 0 saturated heterocycles. The summed E-state index contributed by atoms with van der Waals surface area (Å²) in [5.74, 6) is 0. The van der Waals surface area contributed by atoms with Crippen LogP contribution < -0.4 is 5.73 Å². The zero-order valence-electron chi connectivity index (χ0n) is 9.31. The molecule has 4 heteroatoms. The third-order valence-electron chi connectivity index (χ3n) is 2.43. The highest BCUT2D eigenvalue weighted by atomic mass is 32.1. The van der Waals surface area contributed by atoms with Gasteiger partial charge in [-0.15, -0.1) is 10.2 Å². The molecule has 0 unspecified atom stereocenters. The molecule has 0 aliphatic heterocycles. The number of nitrogens with two attached hydrogens (primary N) is 1. The van der Waals surface area contributed by atoms with Gasteiger partial charge in [0.1, 0.15) is 5.01 Å². The number of unbranched alkanes of at least 4 members (excludes halogenated alkanes) is 1. The van der Waals surface area contributed by atoms with Crippen molar-refractivity contribution in [3.05, 3.63) is 29.8 Å². The molecule has 0 saturated carbocycles. The van der Waals surface area contributed by atoms with Crippen molar-refractivity contribution < 1.29 is 0 Å². The predicted octanol–water partition coefficient (Wildman–Crippen LogP) is 3.13. The van der Waals surface area contributed by atoms with Gasteiger partial charge in [-0.3, -0.25) is 0 Å². The van der Waals surface area contributed by atoms with E-state index in [1.54, 1.807) is 0 Å². The van der Waals surface area contributed by atoms with Crippen molar-refractivity contribution in [1.82, 2.24) is 10.2 Å². The lowest BCUT2D eigenvalue weighted by atomic mass is 10.1. The molecule has 0 spiro atoms. The summed E-state index contributed by atoms with van der Waals surface area (Å²) in [6, 6.07) is 8.45. The molecule has 0 atom stereocenters. The molecule has 0 radical (unpaired) electrons. The molecule has 2 aromatic rings. The molecule has 16 heavy (non-hydrogen) atoms. The Labute approximate surface area is 99.3 Å². The number of aryl methyl sites for hydroxylation is 1. The molecule has 0 aliphatic rings. The standard InChI is InChI=1S/C12H15N3S/c1-2-3-5-9-6-4-7-10(8-9)11-14-15-12(13)16-11/h4,6-8H,2-3,5H2,1H3,(H2,13,15). The SMILES string of the molecule is CCCCc1cccc(-c2nnc(N)s2)c1. The summed E-state index contributed by atoms with van der Waals surface area (Å²) in [6.07, 6.45) is 3.57. The Hall–Kier alpha value is -1.42. The van der Waals surface area contributed by atoms with Crippen LogP contribution in [-0.2, 0) is 6.42 Å². The van der Waals surface area contributed by atoms with Crippen molar-refractivity contribution >= 4 is 16.5 Å². The van der Waals surface area contributed by atoms with Gasteiger partial charge in [0.15, 0.2) is 0 Å². The Kier molecular flexibility index (Phi) is 3.51. The van der Waals surface area contributed by atoms with E-state index in [0.717, 1.165) is 17.0 Å². The van der Waals surface area contributed by atoms with E-state index < -0.39 is 0 Å². The summed E-state index contributed by atoms with van der Waals surface area (Å²) in [5, 5.41) is 9.30. The van der Waals surface area contributed by atoms with E-state index in [1.165, 1.54) is 29.7 Å². The molecular weight excluding hydrogens is 218 g/mol. The average molecular weight is 233 g/mol. The third kappa shape index (κ3) is 2.58. The largest absolute Gasteiger partial charge is 0.374 e. The fraction of sp³-hybridized carbons (Fsp3) is 0.333. The summed E-state index contributed by atoms with van der Waals surface area (Å²) in [6.45, 7) is 2.20. The van der Waals surface area contributed by atoms with E-state index in [2.05, 4.69) is 41.4 Å². The van der Waals surface area contributed by atoms with Crippen LogP contribution in [-0.4, -0.2) is 10.2 Å². The van der Waals surface area contributed by atoms with Crippen LogP contribution in [0, 0.1) is 0 Å². The van der Waals surface area contributed by atoms with Gasteiger partial charge >= 0.3 is 0 Å². The smallest absolute Gasteiger partial charge is 0.203 e. The zero-order valence-corrected chi connectivity index (χ0v) is 10.1. The van der Waals surface area contributed by atoms with Gasteiger partial charge in [-0.05, 0) is 24.5 Å². The van der Waals surface area contributed by atoms with Crippen molar-refractivity contribution in [2.75, 3.05) is 5.73 Å². The van der Waals surface area contributed by atoms with Gasteiger partial charge in [0, 0.05) is 5.56 Å². The number of hydrogen-bond acceptors (Lipinski definition) is 4. The fourth-order valence-corrected chi connectivity index (χ4v) is 2.20. The third-order valence-corrected chi connectivity index (χ3v) is 3.24. The van der Waals surface area contributed by atoms with Crippen LogP contribution in [0.25, 0.3) is 10.6 Å². The molecule has 0 fully saturated rings. The van der Waals surface area contributed by atoms with Crippen LogP contribution in [0.3, 0.4) is 0 Å². The fourth-order valence-electron chi connectivity index (χ4n) is 1.59. The van der Waals surface area contributed by atoms with E-state index in [0.29, 0.717) is 5.13 Å². The lowest BCUT2D eigenvalue weighted by Crippen LogP contribution is -1.85. The highest BCUT2D eigenvalue weighted by molar-refractivity contribution is 7.18. The molecule has 2 N–H and O–H groups in total. The highest BCUT2D eigenvalue weighted by Gasteiger charge is 2.04. The van der Waals surface area contributed by atoms with Crippen molar-refractivity contribution in [2.45, 2.75) is 26.2 Å². The Balaban J connectivity index is 2.22. The van der Waals surface area contributed by atoms with E-state index in [4.69, 9.17) is 5.73 Å². The highest BCUT2D eigenvalue weighted by Crippen LogP contribution is 2.25. The molecule has 1 aromatic carbocycles. The second kappa shape index (κ2) is 5.07. The first-order valence-corrected chi connectivity index (χ1v) is 6.29. The molecule has 2 rings (SSSR count). The molecule has 0 bridgehead atoms. The Bertz CT molecular complexity index is 465. The lowest BCUT2D eigenvalue weighted by molar-refractivity contribution is 0.795. The van der Waals surface area contributed by atoms with Crippen LogP contribution in [0.2, 0.25) is 0 Å². The second-order valence-electron chi connectivity index (χ2n) is 3.75. The molecule has 84 valence electrons. The van der Waals surface area contributed by atoms with Crippen LogP contribution in [0.1, 0.15) is 25.3 Å². The first-order chi connectivity index (χ1) is 7.79. The summed E-state index contributed by atoms with van der Waals surface area (Å²) in [7, 11) is 0. The molecule has 0 aliphatic carbocycles. The number of anilines is 1. The maximum absolute atomic E-state index is 5.58. The molecule has 3 nitrogen and oxygen atoms in total. The normalized spacial score (nSPS) is 10.6. The van der Waals surface area contributed by atoms with Crippen molar-refractivity contribution in [1.29, 1.82) is 0 Å². The van der Waals surface area contributed by atoms with Crippen LogP contribution >= 0.6 is 11.3 Å². The maximum atomic E-state index is 5.58. The first-order valence-electron chi connectivity index (χ1n) is 5.48. The Morgan fingerprint density at radius 2 is 2.19 bits per heavy atom. The molecule has 1 heterocycles. The molecular formula is C12H15N3S. The lowest BCUT2D eigenvalue weighted by Gasteiger charge is -2.01. The number of aromatic nitrogens is 2. The summed E-state index contributed by atoms with van der Waals surface area (Å²) in [5.41, 5.74) is 8.05. The van der Waals surface area contributed by atoms with E-state index >= 15 is 0 Å². The number of hydrogen-bond donors (Lipinski definition) is 1. The number of nitrogens with zero attached hydrogens (tertiary/aromatic N) is 2. The van der Waals surface area contributed by atoms with Gasteiger partial charge in [0.25, 0.3) is 0 Å². The van der Waals surface area contributed by atoms with Gasteiger partial charge in [0.2, 0.25) is 5.13 Å². The van der Waals surface area contributed by atoms with Crippen molar-refractivity contribution in [2.24, 2.45) is 0 Å². The number of rotatable bonds is 4. The van der Waals surface area contributed by atoms with Gasteiger partial charge in [0.05, 0.1) is 0 Å². The predicted molar refractivity (Wildman–Crippen MR) is 68.4 cm³/mol. The summed E-state index contributed by atoms with van der Waals surface area (Å²) >= 11 is 1.43. The van der Waals surface area contributed by atoms with Crippen LogP contribution in [0.4, 0.5) is 5.13 Å². The topological polar surface area (TPSA) is 51.8 Å². The van der Waals surface area contributed by atoms with Gasteiger partial charge in [-0.25, -0.2) is 0 Å². The van der Waals surface area contributed by atoms with Crippen LogP contribution in [0.5, 0.6) is 0 Å².